The SMILES string of the molecule is CC(C)c1c2c(cc3c1CCN(C(=O)OC(C)(C)C)CC3)CCCC2. The van der Waals surface area contributed by atoms with Crippen molar-refractivity contribution in [1.82, 2.24) is 4.90 Å². The third kappa shape index (κ3) is 4.02. The first kappa shape index (κ1) is 18.3. The Morgan fingerprint density at radius 1 is 1.00 bits per heavy atom. The maximum atomic E-state index is 12.5. The van der Waals surface area contributed by atoms with Crippen LogP contribution < -0.4 is 0 Å². The molecule has 1 amide bonds. The first-order valence-corrected chi connectivity index (χ1v) is 9.90. The number of rotatable bonds is 1. The van der Waals surface area contributed by atoms with Gasteiger partial charge in [0.15, 0.2) is 0 Å². The summed E-state index contributed by atoms with van der Waals surface area (Å²) in [6, 6.07) is 2.45. The van der Waals surface area contributed by atoms with Crippen molar-refractivity contribution in [2.24, 2.45) is 0 Å². The van der Waals surface area contributed by atoms with Crippen LogP contribution in [0.25, 0.3) is 0 Å². The fourth-order valence-corrected chi connectivity index (χ4v) is 4.39. The van der Waals surface area contributed by atoms with Gasteiger partial charge in [-0.05, 0) is 93.0 Å². The van der Waals surface area contributed by atoms with Gasteiger partial charge in [0.05, 0.1) is 0 Å². The molecule has 3 nitrogen and oxygen atoms in total. The van der Waals surface area contributed by atoms with Crippen LogP contribution in [0.4, 0.5) is 4.79 Å². The van der Waals surface area contributed by atoms with Crippen LogP contribution in [0.15, 0.2) is 6.07 Å². The van der Waals surface area contributed by atoms with Gasteiger partial charge >= 0.3 is 6.09 Å². The first-order chi connectivity index (χ1) is 11.8. The van der Waals surface area contributed by atoms with Crippen molar-refractivity contribution in [2.75, 3.05) is 13.1 Å². The predicted octanol–water partition coefficient (Wildman–Crippen LogP) is 5.02. The van der Waals surface area contributed by atoms with Gasteiger partial charge in [-0.2, -0.15) is 0 Å². The molecule has 0 spiro atoms. The van der Waals surface area contributed by atoms with E-state index in [1.54, 1.807) is 16.7 Å². The molecule has 0 radical (unpaired) electrons. The summed E-state index contributed by atoms with van der Waals surface area (Å²) in [7, 11) is 0. The highest BCUT2D eigenvalue weighted by molar-refractivity contribution is 5.68. The lowest BCUT2D eigenvalue weighted by molar-refractivity contribution is 0.0258. The summed E-state index contributed by atoms with van der Waals surface area (Å²) in [5, 5.41) is 0. The second-order valence-corrected chi connectivity index (χ2v) is 8.89. The zero-order chi connectivity index (χ0) is 18.2. The van der Waals surface area contributed by atoms with Gasteiger partial charge < -0.3 is 9.64 Å². The third-order valence-electron chi connectivity index (χ3n) is 5.41. The van der Waals surface area contributed by atoms with E-state index in [1.165, 1.54) is 36.8 Å². The zero-order valence-electron chi connectivity index (χ0n) is 16.6. The van der Waals surface area contributed by atoms with Crippen LogP contribution in [0, 0.1) is 0 Å². The lowest BCUT2D eigenvalue weighted by atomic mass is 9.79. The molecule has 1 aromatic rings. The fourth-order valence-electron chi connectivity index (χ4n) is 4.39. The number of hydrogen-bond acceptors (Lipinski definition) is 2. The number of nitrogens with zero attached hydrogens (tertiary/aromatic N) is 1. The molecule has 2 aliphatic rings. The molecular weight excluding hydrogens is 310 g/mol. The Labute approximate surface area is 152 Å². The highest BCUT2D eigenvalue weighted by atomic mass is 16.6. The molecule has 0 bridgehead atoms. The summed E-state index contributed by atoms with van der Waals surface area (Å²) in [6.07, 6.45) is 6.81. The predicted molar refractivity (Wildman–Crippen MR) is 102 cm³/mol. The molecule has 0 saturated carbocycles. The maximum absolute atomic E-state index is 12.5. The quantitative estimate of drug-likeness (QED) is 0.716. The van der Waals surface area contributed by atoms with Crippen LogP contribution in [0.3, 0.4) is 0 Å². The number of amides is 1. The second kappa shape index (κ2) is 7.01. The molecular formula is C22H33NO2. The molecule has 0 atom stereocenters. The lowest BCUT2D eigenvalue weighted by Gasteiger charge is -2.27. The van der Waals surface area contributed by atoms with E-state index in [4.69, 9.17) is 4.74 Å². The van der Waals surface area contributed by atoms with Crippen molar-refractivity contribution in [1.29, 1.82) is 0 Å². The number of carbonyl (C=O) groups is 1. The van der Waals surface area contributed by atoms with E-state index in [2.05, 4.69) is 19.9 Å². The van der Waals surface area contributed by atoms with Gasteiger partial charge in [0.2, 0.25) is 0 Å². The molecule has 3 heteroatoms. The summed E-state index contributed by atoms with van der Waals surface area (Å²) in [4.78, 5) is 14.4. The third-order valence-corrected chi connectivity index (χ3v) is 5.41. The van der Waals surface area contributed by atoms with E-state index in [-0.39, 0.29) is 6.09 Å². The van der Waals surface area contributed by atoms with Crippen molar-refractivity contribution in [3.63, 3.8) is 0 Å². The topological polar surface area (TPSA) is 29.5 Å². The van der Waals surface area contributed by atoms with E-state index in [9.17, 15) is 4.79 Å². The Hall–Kier alpha value is -1.51. The largest absolute Gasteiger partial charge is 0.444 e. The van der Waals surface area contributed by atoms with Gasteiger partial charge in [0, 0.05) is 13.1 Å². The van der Waals surface area contributed by atoms with Crippen LogP contribution in [0.2, 0.25) is 0 Å². The summed E-state index contributed by atoms with van der Waals surface area (Å²) in [5.74, 6) is 0.551. The summed E-state index contributed by atoms with van der Waals surface area (Å²) >= 11 is 0. The molecule has 3 rings (SSSR count). The van der Waals surface area contributed by atoms with Crippen molar-refractivity contribution in [3.05, 3.63) is 33.9 Å². The van der Waals surface area contributed by atoms with Crippen LogP contribution >= 0.6 is 0 Å². The van der Waals surface area contributed by atoms with Crippen molar-refractivity contribution < 1.29 is 9.53 Å². The number of ether oxygens (including phenoxy) is 1. The summed E-state index contributed by atoms with van der Waals surface area (Å²) < 4.78 is 5.60. The molecule has 138 valence electrons. The van der Waals surface area contributed by atoms with Crippen LogP contribution in [-0.2, 0) is 30.4 Å². The first-order valence-electron chi connectivity index (χ1n) is 9.90. The highest BCUT2D eigenvalue weighted by Gasteiger charge is 2.27. The Kier molecular flexibility index (Phi) is 5.13. The average Bonchev–Trinajstić information content (AvgIpc) is 2.73. The van der Waals surface area contributed by atoms with Gasteiger partial charge in [-0.1, -0.05) is 19.9 Å². The van der Waals surface area contributed by atoms with Gasteiger partial charge in [0.1, 0.15) is 5.60 Å². The van der Waals surface area contributed by atoms with E-state index < -0.39 is 5.60 Å². The smallest absolute Gasteiger partial charge is 0.410 e. The van der Waals surface area contributed by atoms with Crippen molar-refractivity contribution in [3.8, 4) is 0 Å². The molecule has 0 aromatic heterocycles. The minimum Gasteiger partial charge on any atom is -0.444 e. The minimum absolute atomic E-state index is 0.170. The molecule has 1 aliphatic carbocycles. The fraction of sp³-hybridized carbons (Fsp3) is 0.682. The van der Waals surface area contributed by atoms with Crippen LogP contribution in [-0.4, -0.2) is 29.7 Å². The zero-order valence-corrected chi connectivity index (χ0v) is 16.6. The molecule has 0 saturated heterocycles. The van der Waals surface area contributed by atoms with Gasteiger partial charge in [-0.15, -0.1) is 0 Å². The normalized spacial score (nSPS) is 17.8. The van der Waals surface area contributed by atoms with Gasteiger partial charge in [-0.3, -0.25) is 0 Å². The van der Waals surface area contributed by atoms with E-state index >= 15 is 0 Å². The minimum atomic E-state index is -0.432. The standard InChI is InChI=1S/C22H33NO2/c1-15(2)20-18-9-7-6-8-16(18)14-17-10-12-23(13-11-19(17)20)21(24)25-22(3,4)5/h14-15H,6-13H2,1-5H3. The van der Waals surface area contributed by atoms with E-state index in [1.807, 2.05) is 25.7 Å². The number of aryl methyl sites for hydroxylation is 1. The van der Waals surface area contributed by atoms with Crippen LogP contribution in [0.5, 0.6) is 0 Å². The Bertz CT molecular complexity index is 655. The molecule has 0 fully saturated rings. The number of carbonyl (C=O) groups excluding carboxylic acids is 1. The monoisotopic (exact) mass is 343 g/mol. The number of fused-ring (bicyclic) bond motifs is 2. The molecule has 0 unspecified atom stereocenters. The van der Waals surface area contributed by atoms with Crippen molar-refractivity contribution >= 4 is 6.09 Å². The average molecular weight is 344 g/mol. The summed E-state index contributed by atoms with van der Waals surface area (Å²) in [5.41, 5.74) is 7.32. The van der Waals surface area contributed by atoms with E-state index in [0.29, 0.717) is 5.92 Å². The summed E-state index contributed by atoms with van der Waals surface area (Å²) in [6.45, 7) is 12.0. The molecule has 0 N–H and O–H groups in total. The maximum Gasteiger partial charge on any atom is 0.410 e. The highest BCUT2D eigenvalue weighted by Crippen LogP contribution is 2.35. The Morgan fingerprint density at radius 2 is 1.60 bits per heavy atom. The Balaban J connectivity index is 1.89. The number of hydrogen-bond donors (Lipinski definition) is 0. The second-order valence-electron chi connectivity index (χ2n) is 8.89. The molecule has 25 heavy (non-hydrogen) atoms. The van der Waals surface area contributed by atoms with Crippen molar-refractivity contribution in [2.45, 2.75) is 84.7 Å². The molecule has 1 aliphatic heterocycles. The van der Waals surface area contributed by atoms with Gasteiger partial charge in [0.25, 0.3) is 0 Å². The lowest BCUT2D eigenvalue weighted by Crippen LogP contribution is -2.38. The molecule has 1 heterocycles. The van der Waals surface area contributed by atoms with E-state index in [0.717, 1.165) is 25.9 Å². The Morgan fingerprint density at radius 3 is 2.28 bits per heavy atom. The molecule has 1 aromatic carbocycles. The van der Waals surface area contributed by atoms with Gasteiger partial charge in [-0.25, -0.2) is 4.79 Å². The number of benzene rings is 1. The van der Waals surface area contributed by atoms with Crippen LogP contribution in [0.1, 0.15) is 81.2 Å².